The van der Waals surface area contributed by atoms with Crippen LogP contribution in [0.5, 0.6) is 0 Å². The van der Waals surface area contributed by atoms with Crippen LogP contribution in [0, 0.1) is 0 Å². The first kappa shape index (κ1) is 13.6. The first-order chi connectivity index (χ1) is 6.25. The number of carbonyl (C=O) groups is 1. The van der Waals surface area contributed by atoms with Crippen molar-refractivity contribution in [2.75, 3.05) is 11.5 Å². The van der Waals surface area contributed by atoms with Gasteiger partial charge in [0.2, 0.25) is 0 Å². The summed E-state index contributed by atoms with van der Waals surface area (Å²) in [6.07, 6.45) is 0.551. The van der Waals surface area contributed by atoms with Gasteiger partial charge in [0.15, 0.2) is 5.78 Å². The van der Waals surface area contributed by atoms with Crippen molar-refractivity contribution in [3.63, 3.8) is 0 Å². The fourth-order valence-electron chi connectivity index (χ4n) is 0.875. The summed E-state index contributed by atoms with van der Waals surface area (Å²) in [6.45, 7) is 5.02. The second-order valence-corrected chi connectivity index (χ2v) is 6.15. The van der Waals surface area contributed by atoms with Crippen molar-refractivity contribution in [1.82, 2.24) is 0 Å². The molecule has 0 aliphatic carbocycles. The largest absolute Gasteiger partial charge is 0.319 e. The molecule has 0 fully saturated rings. The Bertz CT molecular complexity index is 293. The monoisotopic (exact) mass is 221 g/mol. The molecule has 4 nitrogen and oxygen atoms in total. The zero-order valence-electron chi connectivity index (χ0n) is 9.04. The zero-order chi connectivity index (χ0) is 11.4. The molecule has 1 unspecified atom stereocenters. The van der Waals surface area contributed by atoms with Gasteiger partial charge in [-0.3, -0.25) is 4.79 Å². The average Bonchev–Trinajstić information content (AvgIpc) is 2.14. The Balaban J connectivity index is 4.24. The van der Waals surface area contributed by atoms with E-state index in [1.165, 1.54) is 0 Å². The lowest BCUT2D eigenvalue weighted by Crippen LogP contribution is -2.44. The molecule has 1 atom stereocenters. The second kappa shape index (κ2) is 4.89. The van der Waals surface area contributed by atoms with E-state index in [0.717, 1.165) is 0 Å². The van der Waals surface area contributed by atoms with E-state index < -0.39 is 15.4 Å². The lowest BCUT2D eigenvalue weighted by atomic mass is 9.93. The molecule has 0 aromatic rings. The molecule has 0 spiro atoms. The van der Waals surface area contributed by atoms with Crippen LogP contribution in [0.3, 0.4) is 0 Å². The lowest BCUT2D eigenvalue weighted by Gasteiger charge is -2.20. The molecule has 0 saturated heterocycles. The fraction of sp³-hybridized carbons (Fsp3) is 0.889. The highest BCUT2D eigenvalue weighted by Gasteiger charge is 2.26. The molecule has 0 aliphatic rings. The van der Waals surface area contributed by atoms with Crippen LogP contribution in [-0.2, 0) is 14.6 Å². The van der Waals surface area contributed by atoms with Gasteiger partial charge < -0.3 is 5.73 Å². The molecular formula is C9H19NO3S. The third-order valence-corrected chi connectivity index (χ3v) is 4.16. The predicted molar refractivity (Wildman–Crippen MR) is 56.8 cm³/mol. The standard InChI is InChI=1S/C9H19NO3S/c1-4-9(3,10)8(11)6-7-14(12,13)5-2/h4-7,10H2,1-3H3. The van der Waals surface area contributed by atoms with Gasteiger partial charge in [-0.25, -0.2) is 8.42 Å². The minimum absolute atomic E-state index is 0.0248. The van der Waals surface area contributed by atoms with Crippen LogP contribution in [0.1, 0.15) is 33.6 Å². The Morgan fingerprint density at radius 2 is 1.86 bits per heavy atom. The van der Waals surface area contributed by atoms with Gasteiger partial charge in [0, 0.05) is 12.2 Å². The molecular weight excluding hydrogens is 202 g/mol. The second-order valence-electron chi connectivity index (χ2n) is 3.68. The van der Waals surface area contributed by atoms with Crippen molar-refractivity contribution in [3.05, 3.63) is 0 Å². The molecule has 14 heavy (non-hydrogen) atoms. The topological polar surface area (TPSA) is 77.2 Å². The Hall–Kier alpha value is -0.420. The van der Waals surface area contributed by atoms with Crippen molar-refractivity contribution in [2.24, 2.45) is 5.73 Å². The number of nitrogens with two attached hydrogens (primary N) is 1. The Labute approximate surface area is 85.8 Å². The van der Waals surface area contributed by atoms with Crippen molar-refractivity contribution in [2.45, 2.75) is 39.2 Å². The van der Waals surface area contributed by atoms with Gasteiger partial charge in [-0.2, -0.15) is 0 Å². The molecule has 0 aliphatic heterocycles. The Morgan fingerprint density at radius 1 is 1.36 bits per heavy atom. The van der Waals surface area contributed by atoms with Crippen LogP contribution in [0.2, 0.25) is 0 Å². The van der Waals surface area contributed by atoms with Gasteiger partial charge in [0.25, 0.3) is 0 Å². The number of sulfone groups is 1. The van der Waals surface area contributed by atoms with Gasteiger partial charge >= 0.3 is 0 Å². The van der Waals surface area contributed by atoms with E-state index in [4.69, 9.17) is 5.73 Å². The minimum atomic E-state index is -3.06. The predicted octanol–water partition coefficient (Wildman–Crippen LogP) is 0.508. The van der Waals surface area contributed by atoms with Crippen LogP contribution in [-0.4, -0.2) is 31.2 Å². The van der Waals surface area contributed by atoms with Crippen LogP contribution < -0.4 is 5.73 Å². The van der Waals surface area contributed by atoms with Crippen LogP contribution >= 0.6 is 0 Å². The third kappa shape index (κ3) is 4.19. The number of hydrogen-bond acceptors (Lipinski definition) is 4. The van der Waals surface area contributed by atoms with Gasteiger partial charge in [-0.05, 0) is 13.3 Å². The number of Topliss-reactive ketones (excluding diaryl/α,β-unsaturated/α-hetero) is 1. The summed E-state index contributed by atoms with van der Waals surface area (Å²) >= 11 is 0. The zero-order valence-corrected chi connectivity index (χ0v) is 9.86. The van der Waals surface area contributed by atoms with E-state index in [1.807, 2.05) is 6.92 Å². The summed E-state index contributed by atoms with van der Waals surface area (Å²) in [6, 6.07) is 0. The van der Waals surface area contributed by atoms with Gasteiger partial charge in [-0.1, -0.05) is 13.8 Å². The molecule has 2 N–H and O–H groups in total. The van der Waals surface area contributed by atoms with E-state index in [9.17, 15) is 13.2 Å². The first-order valence-corrected chi connectivity index (χ1v) is 6.60. The fourth-order valence-corrected chi connectivity index (χ4v) is 1.66. The highest BCUT2D eigenvalue weighted by Crippen LogP contribution is 2.09. The number of hydrogen-bond donors (Lipinski definition) is 1. The summed E-state index contributed by atoms with van der Waals surface area (Å²) < 4.78 is 22.3. The van der Waals surface area contributed by atoms with Crippen molar-refractivity contribution in [1.29, 1.82) is 0 Å². The van der Waals surface area contributed by atoms with E-state index >= 15 is 0 Å². The molecule has 0 rings (SSSR count). The summed E-state index contributed by atoms with van der Waals surface area (Å²) in [5.74, 6) is -0.194. The molecule has 0 bridgehead atoms. The number of rotatable bonds is 6. The highest BCUT2D eigenvalue weighted by atomic mass is 32.2. The summed E-state index contributed by atoms with van der Waals surface area (Å²) in [5, 5.41) is 0. The molecule has 0 radical (unpaired) electrons. The summed E-state index contributed by atoms with van der Waals surface area (Å²) in [4.78, 5) is 11.5. The van der Waals surface area contributed by atoms with Gasteiger partial charge in [-0.15, -0.1) is 0 Å². The van der Waals surface area contributed by atoms with Crippen molar-refractivity contribution in [3.8, 4) is 0 Å². The molecule has 0 aromatic heterocycles. The Morgan fingerprint density at radius 3 is 2.21 bits per heavy atom. The maximum Gasteiger partial charge on any atom is 0.153 e. The van der Waals surface area contributed by atoms with Crippen LogP contribution in [0.25, 0.3) is 0 Å². The molecule has 0 amide bonds. The smallest absolute Gasteiger partial charge is 0.153 e. The number of carbonyl (C=O) groups excluding carboxylic acids is 1. The Kier molecular flexibility index (Phi) is 4.74. The number of ketones is 1. The van der Waals surface area contributed by atoms with E-state index in [0.29, 0.717) is 6.42 Å². The molecule has 0 saturated carbocycles. The van der Waals surface area contributed by atoms with Gasteiger partial charge in [0.05, 0.1) is 11.3 Å². The summed E-state index contributed by atoms with van der Waals surface area (Å²) in [7, 11) is -3.06. The van der Waals surface area contributed by atoms with Gasteiger partial charge in [0.1, 0.15) is 9.84 Å². The quantitative estimate of drug-likeness (QED) is 0.709. The third-order valence-electron chi connectivity index (χ3n) is 2.45. The van der Waals surface area contributed by atoms with Crippen LogP contribution in [0.4, 0.5) is 0 Å². The van der Waals surface area contributed by atoms with E-state index in [2.05, 4.69) is 0 Å². The van der Waals surface area contributed by atoms with Crippen molar-refractivity contribution < 1.29 is 13.2 Å². The molecule has 0 heterocycles. The maximum absolute atomic E-state index is 11.5. The molecule has 84 valence electrons. The minimum Gasteiger partial charge on any atom is -0.319 e. The van der Waals surface area contributed by atoms with Crippen LogP contribution in [0.15, 0.2) is 0 Å². The first-order valence-electron chi connectivity index (χ1n) is 4.77. The van der Waals surface area contributed by atoms with E-state index in [1.54, 1.807) is 13.8 Å². The molecule has 0 aromatic carbocycles. The average molecular weight is 221 g/mol. The highest BCUT2D eigenvalue weighted by molar-refractivity contribution is 7.91. The molecule has 5 heteroatoms. The normalized spacial score (nSPS) is 16.3. The maximum atomic E-state index is 11.5. The van der Waals surface area contributed by atoms with Crippen molar-refractivity contribution >= 4 is 15.6 Å². The lowest BCUT2D eigenvalue weighted by molar-refractivity contribution is -0.123. The SMILES string of the molecule is CCC(C)(N)C(=O)CCS(=O)(=O)CC. The van der Waals surface area contributed by atoms with E-state index in [-0.39, 0.29) is 23.7 Å². The summed E-state index contributed by atoms with van der Waals surface area (Å²) in [5.41, 5.74) is 4.80.